The molecule has 20 heavy (non-hydrogen) atoms. The van der Waals surface area contributed by atoms with Crippen molar-refractivity contribution in [1.82, 2.24) is 0 Å². The zero-order chi connectivity index (χ0) is 16.6. The van der Waals surface area contributed by atoms with Crippen molar-refractivity contribution in [2.24, 2.45) is 21.7 Å². The summed E-state index contributed by atoms with van der Waals surface area (Å²) in [6.07, 6.45) is 4.76. The van der Waals surface area contributed by atoms with Gasteiger partial charge in [-0.2, -0.15) is 0 Å². The summed E-state index contributed by atoms with van der Waals surface area (Å²) in [6.45, 7) is 27.7. The van der Waals surface area contributed by atoms with Crippen LogP contribution in [0.15, 0.2) is 23.3 Å². The van der Waals surface area contributed by atoms with Gasteiger partial charge in [-0.1, -0.05) is 106 Å². The molecule has 0 heteroatoms. The SMILES string of the molecule is CC(C)(C)C(=CC=C(C(C)(C)C)C(C)(C)C)C(C)(C)C. The minimum atomic E-state index is 0.204. The monoisotopic (exact) mass is 278 g/mol. The van der Waals surface area contributed by atoms with Crippen molar-refractivity contribution in [2.45, 2.75) is 83.1 Å². The van der Waals surface area contributed by atoms with Crippen molar-refractivity contribution < 1.29 is 0 Å². The van der Waals surface area contributed by atoms with Gasteiger partial charge in [0, 0.05) is 0 Å². The molecular weight excluding hydrogens is 240 g/mol. The number of allylic oxidation sites excluding steroid dienone is 4. The van der Waals surface area contributed by atoms with Crippen molar-refractivity contribution in [2.75, 3.05) is 0 Å². The Morgan fingerprint density at radius 1 is 0.400 bits per heavy atom. The van der Waals surface area contributed by atoms with Crippen LogP contribution in [-0.2, 0) is 0 Å². The van der Waals surface area contributed by atoms with Crippen molar-refractivity contribution in [1.29, 1.82) is 0 Å². The lowest BCUT2D eigenvalue weighted by atomic mass is 9.69. The topological polar surface area (TPSA) is 0 Å². The molecule has 0 saturated carbocycles. The van der Waals surface area contributed by atoms with Crippen molar-refractivity contribution in [3.8, 4) is 0 Å². The minimum Gasteiger partial charge on any atom is -0.0620 e. The van der Waals surface area contributed by atoms with Crippen molar-refractivity contribution >= 4 is 0 Å². The maximum absolute atomic E-state index is 2.38. The largest absolute Gasteiger partial charge is 0.0620 e. The van der Waals surface area contributed by atoms with E-state index in [1.807, 2.05) is 0 Å². The van der Waals surface area contributed by atoms with Gasteiger partial charge in [0.2, 0.25) is 0 Å². The van der Waals surface area contributed by atoms with Crippen LogP contribution in [-0.4, -0.2) is 0 Å². The number of hydrogen-bond donors (Lipinski definition) is 0. The smallest absolute Gasteiger partial charge is 0.0165 e. The molecule has 0 fully saturated rings. The number of hydrogen-bond acceptors (Lipinski definition) is 0. The molecule has 0 radical (unpaired) electrons. The summed E-state index contributed by atoms with van der Waals surface area (Å²) < 4.78 is 0. The molecule has 0 aliphatic heterocycles. The first-order valence-electron chi connectivity index (χ1n) is 7.91. The molecule has 0 heterocycles. The van der Waals surface area contributed by atoms with Gasteiger partial charge in [0.25, 0.3) is 0 Å². The van der Waals surface area contributed by atoms with Gasteiger partial charge < -0.3 is 0 Å². The summed E-state index contributed by atoms with van der Waals surface area (Å²) in [7, 11) is 0. The molecule has 0 N–H and O–H groups in total. The number of rotatable bonds is 1. The highest BCUT2D eigenvalue weighted by Crippen LogP contribution is 2.42. The van der Waals surface area contributed by atoms with Crippen LogP contribution in [0.5, 0.6) is 0 Å². The summed E-state index contributed by atoms with van der Waals surface area (Å²) in [5.74, 6) is 0. The van der Waals surface area contributed by atoms with Gasteiger partial charge in [-0.25, -0.2) is 0 Å². The van der Waals surface area contributed by atoms with E-state index >= 15 is 0 Å². The molecule has 0 saturated heterocycles. The Kier molecular flexibility index (Phi) is 5.55. The molecule has 0 rings (SSSR count). The third-order valence-electron chi connectivity index (χ3n) is 3.65. The lowest BCUT2D eigenvalue weighted by Crippen LogP contribution is -2.24. The Morgan fingerprint density at radius 3 is 0.650 bits per heavy atom. The van der Waals surface area contributed by atoms with Crippen LogP contribution in [0, 0.1) is 21.7 Å². The summed E-state index contributed by atoms with van der Waals surface area (Å²) in [6, 6.07) is 0. The predicted molar refractivity (Wildman–Crippen MR) is 94.0 cm³/mol. The van der Waals surface area contributed by atoms with Crippen LogP contribution < -0.4 is 0 Å². The molecule has 0 atom stereocenters. The Bertz CT molecular complexity index is 304. The molecule has 0 nitrogen and oxygen atoms in total. The van der Waals surface area contributed by atoms with Crippen LogP contribution >= 0.6 is 0 Å². The van der Waals surface area contributed by atoms with Crippen LogP contribution in [0.25, 0.3) is 0 Å². The fraction of sp³-hybridized carbons (Fsp3) is 0.800. The molecule has 0 aromatic carbocycles. The molecule has 0 unspecified atom stereocenters. The van der Waals surface area contributed by atoms with E-state index in [9.17, 15) is 0 Å². The Hall–Kier alpha value is -0.520. The highest BCUT2D eigenvalue weighted by Gasteiger charge is 2.30. The standard InChI is InChI=1S/C20H38/c1-17(2,3)15(18(4,5)6)13-14-16(19(7,8)9)20(10,11)12/h13-14H,1-12H3. The molecule has 0 aromatic rings. The first-order valence-corrected chi connectivity index (χ1v) is 7.91. The Labute approximate surface area is 128 Å². The van der Waals surface area contributed by atoms with E-state index in [0.717, 1.165) is 0 Å². The maximum atomic E-state index is 2.38. The van der Waals surface area contributed by atoms with E-state index in [2.05, 4.69) is 95.2 Å². The fourth-order valence-electron chi connectivity index (χ4n) is 3.42. The third-order valence-corrected chi connectivity index (χ3v) is 3.65. The fourth-order valence-corrected chi connectivity index (χ4v) is 3.42. The van der Waals surface area contributed by atoms with Gasteiger partial charge in [-0.3, -0.25) is 0 Å². The van der Waals surface area contributed by atoms with Crippen LogP contribution in [0.3, 0.4) is 0 Å². The van der Waals surface area contributed by atoms with E-state index in [-0.39, 0.29) is 21.7 Å². The highest BCUT2D eigenvalue weighted by molar-refractivity contribution is 5.30. The minimum absolute atomic E-state index is 0.204. The molecule has 0 aliphatic rings. The van der Waals surface area contributed by atoms with E-state index in [1.165, 1.54) is 11.1 Å². The summed E-state index contributed by atoms with van der Waals surface area (Å²) in [5, 5.41) is 0. The second kappa shape index (κ2) is 5.70. The van der Waals surface area contributed by atoms with Crippen LogP contribution in [0.2, 0.25) is 0 Å². The highest BCUT2D eigenvalue weighted by atomic mass is 14.3. The summed E-state index contributed by atoms with van der Waals surface area (Å²) >= 11 is 0. The first-order chi connectivity index (χ1) is 8.47. The molecular formula is C20H38. The van der Waals surface area contributed by atoms with E-state index in [1.54, 1.807) is 0 Å². The first kappa shape index (κ1) is 19.5. The summed E-state index contributed by atoms with van der Waals surface area (Å²) in [4.78, 5) is 0. The second-order valence-corrected chi connectivity index (χ2v) is 10.2. The molecule has 0 bridgehead atoms. The van der Waals surface area contributed by atoms with Crippen LogP contribution in [0.1, 0.15) is 83.1 Å². The van der Waals surface area contributed by atoms with Gasteiger partial charge >= 0.3 is 0 Å². The third kappa shape index (κ3) is 5.85. The zero-order valence-electron chi connectivity index (χ0n) is 16.2. The van der Waals surface area contributed by atoms with Crippen molar-refractivity contribution in [3.05, 3.63) is 23.3 Å². The van der Waals surface area contributed by atoms with Gasteiger partial charge in [-0.15, -0.1) is 0 Å². The Morgan fingerprint density at radius 2 is 0.550 bits per heavy atom. The average Bonchev–Trinajstić information content (AvgIpc) is 2.02. The average molecular weight is 279 g/mol. The molecule has 118 valence electrons. The van der Waals surface area contributed by atoms with E-state index in [0.29, 0.717) is 0 Å². The molecule has 0 spiro atoms. The second-order valence-electron chi connectivity index (χ2n) is 10.2. The van der Waals surface area contributed by atoms with Gasteiger partial charge in [0.15, 0.2) is 0 Å². The Balaban J connectivity index is 5.95. The van der Waals surface area contributed by atoms with E-state index < -0.39 is 0 Å². The molecule has 0 aliphatic carbocycles. The predicted octanol–water partition coefficient (Wildman–Crippen LogP) is 7.02. The lowest BCUT2D eigenvalue weighted by Gasteiger charge is -2.36. The summed E-state index contributed by atoms with van der Waals surface area (Å²) in [5.41, 5.74) is 3.84. The maximum Gasteiger partial charge on any atom is -0.0165 e. The normalized spacial score (nSPS) is 14.0. The lowest BCUT2D eigenvalue weighted by molar-refractivity contribution is 0.355. The van der Waals surface area contributed by atoms with Gasteiger partial charge in [-0.05, 0) is 21.7 Å². The molecule has 0 amide bonds. The van der Waals surface area contributed by atoms with E-state index in [4.69, 9.17) is 0 Å². The van der Waals surface area contributed by atoms with Gasteiger partial charge in [0.1, 0.15) is 0 Å². The van der Waals surface area contributed by atoms with Gasteiger partial charge in [0.05, 0.1) is 0 Å². The zero-order valence-corrected chi connectivity index (χ0v) is 16.2. The van der Waals surface area contributed by atoms with Crippen LogP contribution in [0.4, 0.5) is 0 Å². The molecule has 0 aromatic heterocycles. The quantitative estimate of drug-likeness (QED) is 0.452. The van der Waals surface area contributed by atoms with Crippen molar-refractivity contribution in [3.63, 3.8) is 0 Å².